The first-order valence-corrected chi connectivity index (χ1v) is 7.33. The number of rotatable bonds is 5. The van der Waals surface area contributed by atoms with E-state index in [0.29, 0.717) is 23.0 Å². The summed E-state index contributed by atoms with van der Waals surface area (Å²) in [4.78, 5) is 11.5. The minimum absolute atomic E-state index is 0.222. The van der Waals surface area contributed by atoms with Crippen molar-refractivity contribution in [1.29, 1.82) is 0 Å². The third-order valence-corrected chi connectivity index (χ3v) is 3.38. The SMILES string of the molecule is O=C(NCCc1ccc(Br)cc1F)OCc1ccccc1. The zero-order chi connectivity index (χ0) is 15.1. The Hall–Kier alpha value is -1.88. The molecule has 0 saturated heterocycles. The highest BCUT2D eigenvalue weighted by molar-refractivity contribution is 9.10. The Balaban J connectivity index is 1.72. The predicted molar refractivity (Wildman–Crippen MR) is 82.4 cm³/mol. The first kappa shape index (κ1) is 15.5. The van der Waals surface area contributed by atoms with Crippen molar-refractivity contribution in [3.8, 4) is 0 Å². The van der Waals surface area contributed by atoms with E-state index in [1.165, 1.54) is 6.07 Å². The van der Waals surface area contributed by atoms with Gasteiger partial charge in [0.15, 0.2) is 0 Å². The van der Waals surface area contributed by atoms with Crippen LogP contribution in [0.15, 0.2) is 53.0 Å². The van der Waals surface area contributed by atoms with Crippen molar-refractivity contribution in [2.75, 3.05) is 6.54 Å². The first-order valence-electron chi connectivity index (χ1n) is 6.53. The summed E-state index contributed by atoms with van der Waals surface area (Å²) in [5.41, 5.74) is 1.48. The number of benzene rings is 2. The summed E-state index contributed by atoms with van der Waals surface area (Å²) in [6, 6.07) is 14.3. The third kappa shape index (κ3) is 5.19. The quantitative estimate of drug-likeness (QED) is 0.882. The summed E-state index contributed by atoms with van der Waals surface area (Å²) in [7, 11) is 0. The number of halogens is 2. The zero-order valence-electron chi connectivity index (χ0n) is 11.3. The van der Waals surface area contributed by atoms with E-state index >= 15 is 0 Å². The maximum Gasteiger partial charge on any atom is 0.407 e. The Morgan fingerprint density at radius 1 is 1.19 bits per heavy atom. The van der Waals surface area contributed by atoms with Crippen LogP contribution in [-0.4, -0.2) is 12.6 Å². The van der Waals surface area contributed by atoms with E-state index < -0.39 is 6.09 Å². The molecule has 0 fully saturated rings. The van der Waals surface area contributed by atoms with Gasteiger partial charge in [-0.05, 0) is 29.7 Å². The average molecular weight is 352 g/mol. The molecule has 5 heteroatoms. The van der Waals surface area contributed by atoms with Gasteiger partial charge in [-0.15, -0.1) is 0 Å². The molecule has 1 amide bonds. The highest BCUT2D eigenvalue weighted by Gasteiger charge is 2.05. The highest BCUT2D eigenvalue weighted by atomic mass is 79.9. The molecule has 0 aliphatic heterocycles. The molecule has 0 aliphatic rings. The van der Waals surface area contributed by atoms with E-state index in [1.807, 2.05) is 30.3 Å². The number of carbonyl (C=O) groups is 1. The van der Waals surface area contributed by atoms with Gasteiger partial charge in [-0.3, -0.25) is 0 Å². The van der Waals surface area contributed by atoms with E-state index in [2.05, 4.69) is 21.2 Å². The molecule has 2 aromatic rings. The molecular formula is C16H15BrFNO2. The van der Waals surface area contributed by atoms with Crippen molar-refractivity contribution in [2.45, 2.75) is 13.0 Å². The van der Waals surface area contributed by atoms with Crippen molar-refractivity contribution < 1.29 is 13.9 Å². The standard InChI is InChI=1S/C16H15BrFNO2/c17-14-7-6-13(15(18)10-14)8-9-19-16(20)21-11-12-4-2-1-3-5-12/h1-7,10H,8-9,11H2,(H,19,20). The van der Waals surface area contributed by atoms with Gasteiger partial charge in [-0.2, -0.15) is 0 Å². The van der Waals surface area contributed by atoms with Crippen molar-refractivity contribution >= 4 is 22.0 Å². The van der Waals surface area contributed by atoms with Crippen LogP contribution < -0.4 is 5.32 Å². The molecule has 0 aliphatic carbocycles. The predicted octanol–water partition coefficient (Wildman–Crippen LogP) is 4.06. The summed E-state index contributed by atoms with van der Waals surface area (Å²) in [5.74, 6) is -0.288. The summed E-state index contributed by atoms with van der Waals surface area (Å²) in [5, 5.41) is 2.60. The lowest BCUT2D eigenvalue weighted by atomic mass is 10.1. The second kappa shape index (κ2) is 7.78. The molecule has 0 atom stereocenters. The van der Waals surface area contributed by atoms with Crippen LogP contribution in [0, 0.1) is 5.82 Å². The Morgan fingerprint density at radius 2 is 1.95 bits per heavy atom. The van der Waals surface area contributed by atoms with Crippen LogP contribution >= 0.6 is 15.9 Å². The molecule has 2 rings (SSSR count). The van der Waals surface area contributed by atoms with Crippen LogP contribution in [0.5, 0.6) is 0 Å². The Kier molecular flexibility index (Phi) is 5.75. The fourth-order valence-corrected chi connectivity index (χ4v) is 2.13. The molecule has 0 saturated carbocycles. The van der Waals surface area contributed by atoms with Crippen LogP contribution in [0.1, 0.15) is 11.1 Å². The number of carbonyl (C=O) groups excluding carboxylic acids is 1. The first-order chi connectivity index (χ1) is 10.1. The summed E-state index contributed by atoms with van der Waals surface area (Å²) < 4.78 is 19.3. The van der Waals surface area contributed by atoms with Crippen molar-refractivity contribution in [2.24, 2.45) is 0 Å². The maximum atomic E-state index is 13.6. The van der Waals surface area contributed by atoms with Gasteiger partial charge in [0.05, 0.1) is 0 Å². The number of hydrogen-bond acceptors (Lipinski definition) is 2. The van der Waals surface area contributed by atoms with Gasteiger partial charge < -0.3 is 10.1 Å². The van der Waals surface area contributed by atoms with Crippen LogP contribution in [0.25, 0.3) is 0 Å². The maximum absolute atomic E-state index is 13.6. The lowest BCUT2D eigenvalue weighted by Crippen LogP contribution is -2.26. The molecule has 0 unspecified atom stereocenters. The van der Waals surface area contributed by atoms with Gasteiger partial charge >= 0.3 is 6.09 Å². The van der Waals surface area contributed by atoms with E-state index in [-0.39, 0.29) is 12.4 Å². The van der Waals surface area contributed by atoms with Gasteiger partial charge in [-0.1, -0.05) is 52.3 Å². The van der Waals surface area contributed by atoms with Crippen molar-refractivity contribution in [3.63, 3.8) is 0 Å². The molecule has 1 N–H and O–H groups in total. The molecule has 0 aromatic heterocycles. The van der Waals surface area contributed by atoms with E-state index in [4.69, 9.17) is 4.74 Å². The largest absolute Gasteiger partial charge is 0.445 e. The van der Waals surface area contributed by atoms with Crippen LogP contribution in [0.3, 0.4) is 0 Å². The molecular weight excluding hydrogens is 337 g/mol. The molecule has 0 radical (unpaired) electrons. The average Bonchev–Trinajstić information content (AvgIpc) is 2.48. The monoisotopic (exact) mass is 351 g/mol. The summed E-state index contributed by atoms with van der Waals surface area (Å²) in [6.45, 7) is 0.547. The summed E-state index contributed by atoms with van der Waals surface area (Å²) in [6.07, 6.45) is -0.0871. The van der Waals surface area contributed by atoms with Gasteiger partial charge in [0, 0.05) is 11.0 Å². The molecule has 3 nitrogen and oxygen atoms in total. The number of nitrogens with one attached hydrogen (secondary N) is 1. The smallest absolute Gasteiger partial charge is 0.407 e. The number of hydrogen-bond donors (Lipinski definition) is 1. The molecule has 0 heterocycles. The highest BCUT2D eigenvalue weighted by Crippen LogP contribution is 2.15. The van der Waals surface area contributed by atoms with Crippen molar-refractivity contribution in [3.05, 3.63) is 69.9 Å². The van der Waals surface area contributed by atoms with Gasteiger partial charge in [0.1, 0.15) is 12.4 Å². The van der Waals surface area contributed by atoms with E-state index in [1.54, 1.807) is 12.1 Å². The Labute approximate surface area is 131 Å². The molecule has 2 aromatic carbocycles. The lowest BCUT2D eigenvalue weighted by Gasteiger charge is -2.08. The van der Waals surface area contributed by atoms with Gasteiger partial charge in [0.2, 0.25) is 0 Å². The third-order valence-electron chi connectivity index (χ3n) is 2.89. The Morgan fingerprint density at radius 3 is 2.67 bits per heavy atom. The number of amides is 1. The van der Waals surface area contributed by atoms with E-state index in [0.717, 1.165) is 5.56 Å². The number of alkyl carbamates (subject to hydrolysis) is 1. The van der Waals surface area contributed by atoms with Crippen LogP contribution in [-0.2, 0) is 17.8 Å². The normalized spacial score (nSPS) is 10.2. The van der Waals surface area contributed by atoms with E-state index in [9.17, 15) is 9.18 Å². The van der Waals surface area contributed by atoms with Crippen molar-refractivity contribution in [1.82, 2.24) is 5.32 Å². The molecule has 0 spiro atoms. The van der Waals surface area contributed by atoms with Crippen LogP contribution in [0.4, 0.5) is 9.18 Å². The molecule has 110 valence electrons. The number of ether oxygens (including phenoxy) is 1. The molecule has 0 bridgehead atoms. The second-order valence-corrected chi connectivity index (χ2v) is 5.39. The second-order valence-electron chi connectivity index (χ2n) is 4.47. The van der Waals surface area contributed by atoms with Crippen LogP contribution in [0.2, 0.25) is 0 Å². The topological polar surface area (TPSA) is 38.3 Å². The van der Waals surface area contributed by atoms with Gasteiger partial charge in [0.25, 0.3) is 0 Å². The fraction of sp³-hybridized carbons (Fsp3) is 0.188. The Bertz CT molecular complexity index is 604. The lowest BCUT2D eigenvalue weighted by molar-refractivity contribution is 0.140. The fourth-order valence-electron chi connectivity index (χ4n) is 1.80. The molecule has 21 heavy (non-hydrogen) atoms. The minimum Gasteiger partial charge on any atom is -0.445 e. The minimum atomic E-state index is -0.503. The zero-order valence-corrected chi connectivity index (χ0v) is 12.9. The van der Waals surface area contributed by atoms with Gasteiger partial charge in [-0.25, -0.2) is 9.18 Å². The summed E-state index contributed by atoms with van der Waals surface area (Å²) >= 11 is 3.20.